The molecule has 0 saturated carbocycles. The lowest BCUT2D eigenvalue weighted by Gasteiger charge is -2.22. The van der Waals surface area contributed by atoms with E-state index in [2.05, 4.69) is 20.4 Å². The van der Waals surface area contributed by atoms with Crippen molar-refractivity contribution in [3.63, 3.8) is 0 Å². The second-order valence-electron chi connectivity index (χ2n) is 9.98. The minimum atomic E-state index is -4.79. The predicted octanol–water partition coefficient (Wildman–Crippen LogP) is 4.50. The fraction of sp³-hybridized carbons (Fsp3) is 0.250. The number of hydrazine groups is 1. The Morgan fingerprint density at radius 2 is 1.95 bits per heavy atom. The molecule has 3 aromatic heterocycles. The molecule has 0 spiro atoms. The maximum absolute atomic E-state index is 13.6. The number of aromatic nitrogens is 5. The summed E-state index contributed by atoms with van der Waals surface area (Å²) in [6.07, 6.45) is 2.28. The molecule has 0 unspecified atom stereocenters. The molecule has 1 aromatic carbocycles. The molecule has 5 N–H and O–H groups in total. The van der Waals surface area contributed by atoms with Gasteiger partial charge in [-0.2, -0.15) is 18.3 Å². The van der Waals surface area contributed by atoms with Crippen molar-refractivity contribution in [1.29, 1.82) is 0 Å². The number of allylic oxidation sites excluding steroid dienone is 1. The predicted molar refractivity (Wildman–Crippen MR) is 156 cm³/mol. The molecule has 0 fully saturated rings. The molecule has 5 rings (SSSR count). The van der Waals surface area contributed by atoms with Crippen molar-refractivity contribution >= 4 is 28.9 Å². The van der Waals surface area contributed by atoms with Crippen molar-refractivity contribution in [3.8, 4) is 22.5 Å². The van der Waals surface area contributed by atoms with Crippen molar-refractivity contribution in [2.45, 2.75) is 37.9 Å². The van der Waals surface area contributed by atoms with E-state index in [4.69, 9.17) is 23.2 Å². The van der Waals surface area contributed by atoms with Crippen LogP contribution in [0.25, 0.3) is 22.5 Å². The highest BCUT2D eigenvalue weighted by Gasteiger charge is 2.32. The highest BCUT2D eigenvalue weighted by Crippen LogP contribution is 2.34. The smallest absolute Gasteiger partial charge is 0.393 e. The molecule has 15 heteroatoms. The lowest BCUT2D eigenvalue weighted by atomic mass is 10.0. The number of fused-ring (bicyclic) bond motifs is 4. The number of halogens is 4. The molecule has 224 valence electrons. The summed E-state index contributed by atoms with van der Waals surface area (Å²) in [7, 11) is 1.77. The van der Waals surface area contributed by atoms with Gasteiger partial charge in [0.05, 0.1) is 47.0 Å². The van der Waals surface area contributed by atoms with Gasteiger partial charge in [-0.05, 0) is 43.2 Å². The van der Waals surface area contributed by atoms with E-state index in [-0.39, 0.29) is 34.3 Å². The van der Waals surface area contributed by atoms with Crippen LogP contribution in [0, 0.1) is 0 Å². The van der Waals surface area contributed by atoms with Crippen molar-refractivity contribution in [1.82, 2.24) is 24.3 Å². The first kappa shape index (κ1) is 29.8. The summed E-state index contributed by atoms with van der Waals surface area (Å²) in [6.45, 7) is 0. The molecular weight excluding hydrogens is 587 g/mol. The van der Waals surface area contributed by atoms with Crippen LogP contribution in [0.3, 0.4) is 0 Å². The number of rotatable bonds is 4. The number of amides is 1. The Kier molecular flexibility index (Phi) is 8.24. The third-order valence-corrected chi connectivity index (χ3v) is 7.27. The molecule has 4 heterocycles. The molecule has 2 bridgehead atoms. The van der Waals surface area contributed by atoms with Gasteiger partial charge in [-0.1, -0.05) is 18.0 Å². The number of aryl methyl sites for hydroxylation is 1. The highest BCUT2D eigenvalue weighted by molar-refractivity contribution is 6.31. The van der Waals surface area contributed by atoms with Gasteiger partial charge in [0.1, 0.15) is 5.70 Å². The van der Waals surface area contributed by atoms with Gasteiger partial charge >= 0.3 is 6.18 Å². The van der Waals surface area contributed by atoms with Gasteiger partial charge in [0.15, 0.2) is 0 Å². The van der Waals surface area contributed by atoms with E-state index >= 15 is 0 Å². The third kappa shape index (κ3) is 6.39. The third-order valence-electron chi connectivity index (χ3n) is 7.03. The van der Waals surface area contributed by atoms with Gasteiger partial charge < -0.3 is 11.1 Å². The summed E-state index contributed by atoms with van der Waals surface area (Å²) < 4.78 is 42.2. The Hall–Kier alpha value is -4.69. The van der Waals surface area contributed by atoms with Crippen molar-refractivity contribution < 1.29 is 18.0 Å². The number of pyridine rings is 1. The molecule has 11 nitrogen and oxygen atoms in total. The summed E-state index contributed by atoms with van der Waals surface area (Å²) >= 11 is 6.18. The van der Waals surface area contributed by atoms with E-state index in [1.165, 1.54) is 35.2 Å². The Balaban J connectivity index is 1.56. The second-order valence-corrected chi connectivity index (χ2v) is 10.4. The average molecular weight is 614 g/mol. The molecule has 1 aliphatic heterocycles. The van der Waals surface area contributed by atoms with Gasteiger partial charge in [0, 0.05) is 48.1 Å². The molecule has 0 saturated heterocycles. The Labute approximate surface area is 248 Å². The van der Waals surface area contributed by atoms with E-state index in [0.717, 1.165) is 5.56 Å². The van der Waals surface area contributed by atoms with Crippen LogP contribution in [-0.4, -0.2) is 36.4 Å². The topological polar surface area (TPSA) is 150 Å². The number of carbonyl (C=O) groups is 1. The van der Waals surface area contributed by atoms with E-state index in [9.17, 15) is 22.8 Å². The Morgan fingerprint density at radius 3 is 2.70 bits per heavy atom. The van der Waals surface area contributed by atoms with Crippen molar-refractivity contribution in [2.24, 2.45) is 18.6 Å². The number of anilines is 2. The number of nitrogens with one attached hydrogen (secondary N) is 1. The second kappa shape index (κ2) is 11.9. The zero-order chi connectivity index (χ0) is 30.9. The lowest BCUT2D eigenvalue weighted by molar-refractivity contribution is -0.116. The average Bonchev–Trinajstić information content (AvgIpc) is 3.31. The van der Waals surface area contributed by atoms with E-state index in [1.54, 1.807) is 30.2 Å². The number of carbonyl (C=O) groups excluding carboxylic acids is 1. The summed E-state index contributed by atoms with van der Waals surface area (Å²) in [4.78, 5) is 35.2. The molecule has 0 radical (unpaired) electrons. The molecule has 1 aliphatic rings. The summed E-state index contributed by atoms with van der Waals surface area (Å²) in [6, 6.07) is 8.66. The summed E-state index contributed by atoms with van der Waals surface area (Å²) in [5.41, 5.74) is 6.37. The molecule has 1 amide bonds. The van der Waals surface area contributed by atoms with Crippen LogP contribution >= 0.6 is 11.6 Å². The van der Waals surface area contributed by atoms with E-state index in [0.29, 0.717) is 47.5 Å². The van der Waals surface area contributed by atoms with Crippen LogP contribution in [0.1, 0.15) is 37.4 Å². The number of nitrogens with zero attached hydrogens (tertiary/aromatic N) is 6. The fourth-order valence-corrected chi connectivity index (χ4v) is 5.11. The molecular formula is C28H27ClF3N9O2. The van der Waals surface area contributed by atoms with Crippen LogP contribution in [0.15, 0.2) is 71.8 Å². The standard InChI is InChI=1S/C28H27ClF3N9O2/c1-39-27-16-8-9-35-20(10-16)23(4-2-3-5-25(42)38-21(27)13-37-39)40-15-36-19(12-26(40)43)18-11-17(29)6-7-22(18)41(34)14-24(33)28(30,31)32/h6-15,23H,2-5,33-34H2,1H3,(H,38,42)/b24-14-/t23-/m0/s1. The minimum absolute atomic E-state index is 0.0897. The van der Waals surface area contributed by atoms with Crippen molar-refractivity contribution in [3.05, 3.63) is 88.1 Å². The summed E-state index contributed by atoms with van der Waals surface area (Å²) in [5.74, 6) is 5.77. The maximum atomic E-state index is 13.6. The number of hydrogen-bond donors (Lipinski definition) is 3. The van der Waals surface area contributed by atoms with Crippen LogP contribution < -0.4 is 27.5 Å². The van der Waals surface area contributed by atoms with Crippen LogP contribution in [0.5, 0.6) is 0 Å². The fourth-order valence-electron chi connectivity index (χ4n) is 4.94. The highest BCUT2D eigenvalue weighted by atomic mass is 35.5. The zero-order valence-corrected chi connectivity index (χ0v) is 23.6. The first-order valence-electron chi connectivity index (χ1n) is 13.2. The number of hydrogen-bond acceptors (Lipinski definition) is 8. The minimum Gasteiger partial charge on any atom is -0.393 e. The SMILES string of the molecule is Cn1ncc2c1-c1ccnc(c1)[C@@H](n1cnc(-c3cc(Cl)ccc3N(N)/C=C(\N)C(F)(F)F)cc1=O)CCCCC(=O)N2. The molecule has 4 aromatic rings. The molecule has 43 heavy (non-hydrogen) atoms. The first-order chi connectivity index (χ1) is 20.4. The van der Waals surface area contributed by atoms with Crippen LogP contribution in [0.4, 0.5) is 24.5 Å². The zero-order valence-electron chi connectivity index (χ0n) is 22.8. The van der Waals surface area contributed by atoms with Gasteiger partial charge in [-0.15, -0.1) is 0 Å². The number of nitrogens with two attached hydrogens (primary N) is 2. The molecule has 0 aliphatic carbocycles. The van der Waals surface area contributed by atoms with E-state index < -0.39 is 23.5 Å². The quantitative estimate of drug-likeness (QED) is 0.225. The lowest BCUT2D eigenvalue weighted by Crippen LogP contribution is -2.30. The first-order valence-corrected chi connectivity index (χ1v) is 13.5. The normalized spacial score (nSPS) is 16.1. The van der Waals surface area contributed by atoms with Gasteiger partial charge in [-0.3, -0.25) is 28.8 Å². The monoisotopic (exact) mass is 613 g/mol. The maximum Gasteiger partial charge on any atom is 0.432 e. The number of benzene rings is 1. The van der Waals surface area contributed by atoms with E-state index in [1.807, 2.05) is 6.07 Å². The largest absolute Gasteiger partial charge is 0.432 e. The van der Waals surface area contributed by atoms with Gasteiger partial charge in [-0.25, -0.2) is 10.8 Å². The Bertz CT molecular complexity index is 1770. The van der Waals surface area contributed by atoms with Crippen LogP contribution in [0.2, 0.25) is 5.02 Å². The number of alkyl halides is 3. The van der Waals surface area contributed by atoms with Crippen LogP contribution in [-0.2, 0) is 11.8 Å². The summed E-state index contributed by atoms with van der Waals surface area (Å²) in [5, 5.41) is 8.16. The van der Waals surface area contributed by atoms with Gasteiger partial charge in [0.25, 0.3) is 5.56 Å². The Morgan fingerprint density at radius 1 is 1.16 bits per heavy atom. The van der Waals surface area contributed by atoms with Crippen molar-refractivity contribution in [2.75, 3.05) is 10.3 Å². The molecule has 1 atom stereocenters. The van der Waals surface area contributed by atoms with Gasteiger partial charge in [0.2, 0.25) is 5.91 Å².